The van der Waals surface area contributed by atoms with Gasteiger partial charge in [0.25, 0.3) is 5.91 Å². The minimum Gasteiger partial charge on any atom is -0.439 e. The number of hydrogen-bond donors (Lipinski definition) is 1. The molecule has 2 aromatic carbocycles. The normalized spacial score (nSPS) is 14.9. The van der Waals surface area contributed by atoms with Gasteiger partial charge >= 0.3 is 0 Å². The van der Waals surface area contributed by atoms with Crippen LogP contribution in [-0.4, -0.2) is 34.8 Å². The van der Waals surface area contributed by atoms with Gasteiger partial charge in [-0.25, -0.2) is 4.98 Å². The van der Waals surface area contributed by atoms with Crippen molar-refractivity contribution in [2.75, 3.05) is 13.1 Å². The van der Waals surface area contributed by atoms with Crippen LogP contribution >= 0.6 is 0 Å². The van der Waals surface area contributed by atoms with Crippen LogP contribution in [0.3, 0.4) is 0 Å². The zero-order chi connectivity index (χ0) is 20.4. The number of nitrogens with one attached hydrogen (secondary N) is 1. The number of oxazole rings is 1. The van der Waals surface area contributed by atoms with Gasteiger partial charge in [-0.15, -0.1) is 0 Å². The molecule has 4 rings (SSSR count). The van der Waals surface area contributed by atoms with Crippen LogP contribution in [0.15, 0.2) is 46.9 Å². The Morgan fingerprint density at radius 2 is 1.83 bits per heavy atom. The summed E-state index contributed by atoms with van der Waals surface area (Å²) in [6, 6.07) is 13.4. The maximum absolute atomic E-state index is 12.6. The third-order valence-corrected chi connectivity index (χ3v) is 5.53. The van der Waals surface area contributed by atoms with Crippen molar-refractivity contribution >= 4 is 22.9 Å². The van der Waals surface area contributed by atoms with Crippen LogP contribution < -0.4 is 5.32 Å². The number of fused-ring (bicyclic) bond motifs is 1. The number of likely N-dealkylation sites (tertiary alicyclic amines) is 1. The summed E-state index contributed by atoms with van der Waals surface area (Å²) in [4.78, 5) is 31.5. The van der Waals surface area contributed by atoms with E-state index in [9.17, 15) is 9.59 Å². The average molecular weight is 391 g/mol. The minimum absolute atomic E-state index is 0.00795. The number of piperidine rings is 1. The summed E-state index contributed by atoms with van der Waals surface area (Å²) in [6.07, 6.45) is 1.33. The summed E-state index contributed by atoms with van der Waals surface area (Å²) in [5, 5.41) is 2.93. The number of carbonyl (C=O) groups is 2. The molecular formula is C23H25N3O3. The van der Waals surface area contributed by atoms with Gasteiger partial charge in [0.15, 0.2) is 5.58 Å². The molecule has 1 fully saturated rings. The minimum atomic E-state index is -0.0943. The van der Waals surface area contributed by atoms with Crippen molar-refractivity contribution in [3.63, 3.8) is 0 Å². The summed E-state index contributed by atoms with van der Waals surface area (Å²) in [6.45, 7) is 5.44. The van der Waals surface area contributed by atoms with E-state index in [1.165, 1.54) is 0 Å². The molecular weight excluding hydrogens is 366 g/mol. The third-order valence-electron chi connectivity index (χ3n) is 5.53. The highest BCUT2D eigenvalue weighted by molar-refractivity contribution is 5.94. The molecule has 0 spiro atoms. The van der Waals surface area contributed by atoms with E-state index in [1.807, 2.05) is 61.2 Å². The zero-order valence-corrected chi connectivity index (χ0v) is 16.8. The van der Waals surface area contributed by atoms with Crippen molar-refractivity contribution < 1.29 is 14.0 Å². The lowest BCUT2D eigenvalue weighted by molar-refractivity contribution is -0.126. The molecule has 1 aliphatic heterocycles. The molecule has 6 nitrogen and oxygen atoms in total. The van der Waals surface area contributed by atoms with E-state index in [1.54, 1.807) is 0 Å². The number of aryl methyl sites for hydroxylation is 2. The van der Waals surface area contributed by atoms with E-state index < -0.39 is 0 Å². The number of hydrogen-bond acceptors (Lipinski definition) is 4. The fraction of sp³-hybridized carbons (Fsp3) is 0.348. The van der Waals surface area contributed by atoms with Gasteiger partial charge in [0.1, 0.15) is 5.52 Å². The van der Waals surface area contributed by atoms with Crippen LogP contribution in [0.2, 0.25) is 0 Å². The Kier molecular flexibility index (Phi) is 5.34. The van der Waals surface area contributed by atoms with Gasteiger partial charge in [-0.05, 0) is 50.5 Å². The monoisotopic (exact) mass is 391 g/mol. The van der Waals surface area contributed by atoms with E-state index in [0.29, 0.717) is 37.4 Å². The first-order valence-electron chi connectivity index (χ1n) is 10.00. The number of nitrogens with zero attached hydrogens (tertiary/aromatic N) is 2. The number of amides is 2. The van der Waals surface area contributed by atoms with Crippen LogP contribution in [0.4, 0.5) is 0 Å². The SMILES string of the molecule is Cc1ccc(C(=O)N2CCC(C(=O)NCc3nc4c(C)cccc4o3)CC2)cc1. The molecule has 0 unspecified atom stereocenters. The molecule has 0 aliphatic carbocycles. The molecule has 1 aliphatic rings. The molecule has 150 valence electrons. The molecule has 6 heteroatoms. The standard InChI is InChI=1S/C23H25N3O3/c1-15-6-8-18(9-7-15)23(28)26-12-10-17(11-13-26)22(27)24-14-20-25-21-16(2)4-3-5-19(21)29-20/h3-9,17H,10-14H2,1-2H3,(H,24,27). The van der Waals surface area contributed by atoms with Crippen molar-refractivity contribution in [2.45, 2.75) is 33.2 Å². The molecule has 29 heavy (non-hydrogen) atoms. The lowest BCUT2D eigenvalue weighted by atomic mass is 9.95. The van der Waals surface area contributed by atoms with Crippen LogP contribution in [0.1, 0.15) is 40.2 Å². The quantitative estimate of drug-likeness (QED) is 0.737. The topological polar surface area (TPSA) is 75.4 Å². The van der Waals surface area contributed by atoms with Gasteiger partial charge in [0.2, 0.25) is 11.8 Å². The molecule has 2 amide bonds. The largest absolute Gasteiger partial charge is 0.439 e. The second kappa shape index (κ2) is 8.07. The lowest BCUT2D eigenvalue weighted by Crippen LogP contribution is -2.42. The first-order valence-corrected chi connectivity index (χ1v) is 10.00. The summed E-state index contributed by atoms with van der Waals surface area (Å²) < 4.78 is 5.71. The van der Waals surface area contributed by atoms with Crippen LogP contribution in [0.5, 0.6) is 0 Å². The van der Waals surface area contributed by atoms with Gasteiger partial charge < -0.3 is 14.6 Å². The van der Waals surface area contributed by atoms with Crippen LogP contribution in [0.25, 0.3) is 11.1 Å². The molecule has 2 heterocycles. The van der Waals surface area contributed by atoms with Crippen molar-refractivity contribution in [3.05, 3.63) is 65.0 Å². The van der Waals surface area contributed by atoms with Gasteiger partial charge in [0, 0.05) is 24.6 Å². The van der Waals surface area contributed by atoms with E-state index in [4.69, 9.17) is 4.42 Å². The first kappa shape index (κ1) is 19.2. The maximum atomic E-state index is 12.6. The molecule has 1 saturated heterocycles. The number of rotatable bonds is 4. The van der Waals surface area contributed by atoms with Gasteiger partial charge in [-0.3, -0.25) is 9.59 Å². The second-order valence-electron chi connectivity index (χ2n) is 7.68. The lowest BCUT2D eigenvalue weighted by Gasteiger charge is -2.31. The van der Waals surface area contributed by atoms with Crippen molar-refractivity contribution in [1.82, 2.24) is 15.2 Å². The highest BCUT2D eigenvalue weighted by atomic mass is 16.3. The molecule has 0 bridgehead atoms. The highest BCUT2D eigenvalue weighted by Gasteiger charge is 2.28. The molecule has 1 N–H and O–H groups in total. The molecule has 3 aromatic rings. The van der Waals surface area contributed by atoms with Crippen molar-refractivity contribution in [3.8, 4) is 0 Å². The van der Waals surface area contributed by atoms with E-state index in [2.05, 4.69) is 10.3 Å². The summed E-state index contributed by atoms with van der Waals surface area (Å²) in [5.41, 5.74) is 4.45. The Morgan fingerprint density at radius 3 is 2.52 bits per heavy atom. The smallest absolute Gasteiger partial charge is 0.253 e. The Balaban J connectivity index is 1.30. The number of benzene rings is 2. The van der Waals surface area contributed by atoms with Gasteiger partial charge in [0.05, 0.1) is 6.54 Å². The molecule has 0 radical (unpaired) electrons. The van der Waals surface area contributed by atoms with E-state index in [-0.39, 0.29) is 24.3 Å². The summed E-state index contributed by atoms with van der Waals surface area (Å²) in [7, 11) is 0. The van der Waals surface area contributed by atoms with Gasteiger partial charge in [-0.1, -0.05) is 29.8 Å². The number of para-hydroxylation sites is 1. The molecule has 1 aromatic heterocycles. The molecule has 0 atom stereocenters. The fourth-order valence-electron chi connectivity index (χ4n) is 3.74. The maximum Gasteiger partial charge on any atom is 0.253 e. The average Bonchev–Trinajstić information content (AvgIpc) is 3.17. The zero-order valence-electron chi connectivity index (χ0n) is 16.8. The predicted molar refractivity (Wildman–Crippen MR) is 110 cm³/mol. The number of aromatic nitrogens is 1. The Morgan fingerprint density at radius 1 is 1.10 bits per heavy atom. The van der Waals surface area contributed by atoms with Crippen LogP contribution in [0, 0.1) is 19.8 Å². The fourth-order valence-corrected chi connectivity index (χ4v) is 3.74. The van der Waals surface area contributed by atoms with E-state index in [0.717, 1.165) is 22.2 Å². The van der Waals surface area contributed by atoms with E-state index >= 15 is 0 Å². The Hall–Kier alpha value is -3.15. The summed E-state index contributed by atoms with van der Waals surface area (Å²) in [5.74, 6) is 0.440. The van der Waals surface area contributed by atoms with Crippen LogP contribution in [-0.2, 0) is 11.3 Å². The van der Waals surface area contributed by atoms with Gasteiger partial charge in [-0.2, -0.15) is 0 Å². The first-order chi connectivity index (χ1) is 14.0. The highest BCUT2D eigenvalue weighted by Crippen LogP contribution is 2.21. The van der Waals surface area contributed by atoms with Crippen molar-refractivity contribution in [2.24, 2.45) is 5.92 Å². The second-order valence-corrected chi connectivity index (χ2v) is 7.68. The molecule has 0 saturated carbocycles. The summed E-state index contributed by atoms with van der Waals surface area (Å²) >= 11 is 0. The number of carbonyl (C=O) groups excluding carboxylic acids is 2. The third kappa shape index (κ3) is 4.16. The Bertz CT molecular complexity index is 1030. The Labute approximate surface area is 169 Å². The van der Waals surface area contributed by atoms with Crippen molar-refractivity contribution in [1.29, 1.82) is 0 Å². The predicted octanol–water partition coefficient (Wildman–Crippen LogP) is 3.61.